The third kappa shape index (κ3) is 6.69. The van der Waals surface area contributed by atoms with Crippen LogP contribution >= 0.6 is 11.8 Å². The number of carbonyl (C=O) groups is 3. The highest BCUT2D eigenvalue weighted by atomic mass is 32.2. The number of amides is 2. The Hall–Kier alpha value is -2.11. The molecular weight excluding hydrogens is 454 g/mol. The zero-order chi connectivity index (χ0) is 23.1. The number of rotatable bonds is 9. The Morgan fingerprint density at radius 3 is 2.47 bits per heavy atom. The van der Waals surface area contributed by atoms with Crippen molar-refractivity contribution in [3.8, 4) is 0 Å². The molecule has 11 heteroatoms. The van der Waals surface area contributed by atoms with E-state index >= 15 is 0 Å². The monoisotopic (exact) mass is 483 g/mol. The minimum Gasteiger partial charge on any atom is -0.480 e. The maximum atomic E-state index is 13.2. The van der Waals surface area contributed by atoms with E-state index in [0.29, 0.717) is 31.5 Å². The van der Waals surface area contributed by atoms with E-state index in [1.807, 2.05) is 0 Å². The number of hydrogen-bond donors (Lipinski definition) is 2. The van der Waals surface area contributed by atoms with Gasteiger partial charge in [-0.3, -0.25) is 9.59 Å². The van der Waals surface area contributed by atoms with Gasteiger partial charge in [-0.25, -0.2) is 17.9 Å². The van der Waals surface area contributed by atoms with E-state index < -0.39 is 34.0 Å². The van der Waals surface area contributed by atoms with Crippen LogP contribution in [-0.4, -0.2) is 84.3 Å². The first-order chi connectivity index (χ1) is 15.3. The molecule has 2 aliphatic heterocycles. The summed E-state index contributed by atoms with van der Waals surface area (Å²) in [6, 6.07) is 6.42. The van der Waals surface area contributed by atoms with E-state index in [0.717, 1.165) is 11.5 Å². The first kappa shape index (κ1) is 24.5. The largest absolute Gasteiger partial charge is 0.480 e. The van der Waals surface area contributed by atoms with Crippen LogP contribution in [0.2, 0.25) is 0 Å². The molecular formula is C21H29N3O6S2. The molecule has 176 valence electrons. The van der Waals surface area contributed by atoms with Crippen molar-refractivity contribution in [1.29, 1.82) is 0 Å². The Morgan fingerprint density at radius 1 is 1.12 bits per heavy atom. The SMILES string of the molecule is O=C(O)[C@@H]1CCCN1C(=O)[C@@H](CCC(=O)N1CCSCC1)NS(=O)(=O)Cc1ccccc1. The fourth-order valence-electron chi connectivity index (χ4n) is 4.01. The second-order valence-corrected chi connectivity index (χ2v) is 11.0. The summed E-state index contributed by atoms with van der Waals surface area (Å²) in [4.78, 5) is 40.3. The summed E-state index contributed by atoms with van der Waals surface area (Å²) in [5, 5.41) is 9.43. The molecule has 0 unspecified atom stereocenters. The molecule has 1 aromatic rings. The van der Waals surface area contributed by atoms with Crippen LogP contribution in [0.1, 0.15) is 31.2 Å². The van der Waals surface area contributed by atoms with Crippen LogP contribution in [0.25, 0.3) is 0 Å². The van der Waals surface area contributed by atoms with Gasteiger partial charge in [0.2, 0.25) is 21.8 Å². The van der Waals surface area contributed by atoms with Gasteiger partial charge in [0.05, 0.1) is 5.75 Å². The van der Waals surface area contributed by atoms with Gasteiger partial charge in [-0.2, -0.15) is 11.8 Å². The number of carboxylic acid groups (broad SMARTS) is 1. The molecule has 2 amide bonds. The van der Waals surface area contributed by atoms with E-state index in [1.54, 1.807) is 47.0 Å². The van der Waals surface area contributed by atoms with Crippen LogP contribution in [0.5, 0.6) is 0 Å². The molecule has 9 nitrogen and oxygen atoms in total. The first-order valence-corrected chi connectivity index (χ1v) is 13.5. The predicted molar refractivity (Wildman–Crippen MR) is 121 cm³/mol. The Morgan fingerprint density at radius 2 is 1.81 bits per heavy atom. The van der Waals surface area contributed by atoms with Crippen LogP contribution in [0.4, 0.5) is 0 Å². The lowest BCUT2D eigenvalue weighted by Crippen LogP contribution is -2.52. The van der Waals surface area contributed by atoms with Gasteiger partial charge < -0.3 is 14.9 Å². The lowest BCUT2D eigenvalue weighted by molar-refractivity contribution is -0.149. The fourth-order valence-corrected chi connectivity index (χ4v) is 6.28. The Balaban J connectivity index is 1.72. The lowest BCUT2D eigenvalue weighted by Gasteiger charge is -2.29. The molecule has 2 saturated heterocycles. The summed E-state index contributed by atoms with van der Waals surface area (Å²) in [5.74, 6) is -0.423. The van der Waals surface area contributed by atoms with Gasteiger partial charge in [0.1, 0.15) is 12.1 Å². The standard InChI is InChI=1S/C21H29N3O6S2/c25-19(23-11-13-31-14-12-23)9-8-17(20(26)24-10-4-7-18(24)21(27)28)22-32(29,30)15-16-5-2-1-3-6-16/h1-3,5-6,17-18,22H,4,7-15H2,(H,27,28)/t17-,18+/m1/s1. The van der Waals surface area contributed by atoms with Crippen molar-refractivity contribution in [2.24, 2.45) is 0 Å². The minimum atomic E-state index is -3.89. The van der Waals surface area contributed by atoms with Gasteiger partial charge in [0.15, 0.2) is 0 Å². The number of aliphatic carboxylic acids is 1. The predicted octanol–water partition coefficient (Wildman–Crippen LogP) is 0.906. The number of thioether (sulfide) groups is 1. The molecule has 0 aliphatic carbocycles. The summed E-state index contributed by atoms with van der Waals surface area (Å²) in [6.07, 6.45) is 0.865. The van der Waals surface area contributed by atoms with Crippen LogP contribution < -0.4 is 4.72 Å². The molecule has 32 heavy (non-hydrogen) atoms. The number of likely N-dealkylation sites (tertiary alicyclic amines) is 1. The van der Waals surface area contributed by atoms with Gasteiger partial charge in [-0.15, -0.1) is 0 Å². The van der Waals surface area contributed by atoms with Crippen molar-refractivity contribution in [2.45, 2.75) is 43.5 Å². The summed E-state index contributed by atoms with van der Waals surface area (Å²) in [6.45, 7) is 1.52. The Labute approximate surface area is 192 Å². The first-order valence-electron chi connectivity index (χ1n) is 10.7. The molecule has 0 bridgehead atoms. The van der Waals surface area contributed by atoms with Gasteiger partial charge >= 0.3 is 5.97 Å². The van der Waals surface area contributed by atoms with E-state index in [4.69, 9.17) is 0 Å². The maximum Gasteiger partial charge on any atom is 0.326 e. The number of nitrogens with zero attached hydrogens (tertiary/aromatic N) is 2. The third-order valence-electron chi connectivity index (χ3n) is 5.65. The van der Waals surface area contributed by atoms with Crippen LogP contribution in [0.15, 0.2) is 30.3 Å². The molecule has 2 N–H and O–H groups in total. The molecule has 2 atom stereocenters. The van der Waals surface area contributed by atoms with Crippen LogP contribution in [0, 0.1) is 0 Å². The number of carbonyl (C=O) groups excluding carboxylic acids is 2. The minimum absolute atomic E-state index is 0.0144. The average molecular weight is 484 g/mol. The topological polar surface area (TPSA) is 124 Å². The molecule has 2 heterocycles. The molecule has 0 radical (unpaired) electrons. The normalized spacial score (nSPS) is 20.2. The zero-order valence-corrected chi connectivity index (χ0v) is 19.4. The van der Waals surface area contributed by atoms with Crippen LogP contribution in [-0.2, 0) is 30.2 Å². The van der Waals surface area contributed by atoms with Crippen molar-refractivity contribution in [3.63, 3.8) is 0 Å². The van der Waals surface area contributed by atoms with Gasteiger partial charge in [-0.1, -0.05) is 30.3 Å². The highest BCUT2D eigenvalue weighted by Gasteiger charge is 2.38. The van der Waals surface area contributed by atoms with Crippen molar-refractivity contribution in [3.05, 3.63) is 35.9 Å². The number of nitrogens with one attached hydrogen (secondary N) is 1. The smallest absolute Gasteiger partial charge is 0.326 e. The molecule has 3 rings (SSSR count). The summed E-state index contributed by atoms with van der Waals surface area (Å²) in [7, 11) is -3.89. The Kier molecular flexibility index (Phi) is 8.55. The molecule has 0 aromatic heterocycles. The second-order valence-electron chi connectivity index (χ2n) is 7.97. The Bertz CT molecular complexity index is 919. The van der Waals surface area contributed by atoms with Gasteiger partial charge in [-0.05, 0) is 24.8 Å². The number of benzene rings is 1. The molecule has 2 fully saturated rings. The van der Waals surface area contributed by atoms with Crippen LogP contribution in [0.3, 0.4) is 0 Å². The molecule has 2 aliphatic rings. The number of carboxylic acids is 1. The lowest BCUT2D eigenvalue weighted by atomic mass is 10.1. The van der Waals surface area contributed by atoms with Gasteiger partial charge in [0.25, 0.3) is 0 Å². The van der Waals surface area contributed by atoms with E-state index in [-0.39, 0.29) is 31.0 Å². The maximum absolute atomic E-state index is 13.2. The highest BCUT2D eigenvalue weighted by Crippen LogP contribution is 2.21. The summed E-state index contributed by atoms with van der Waals surface area (Å²) >= 11 is 1.77. The molecule has 1 aromatic carbocycles. The highest BCUT2D eigenvalue weighted by molar-refractivity contribution is 7.99. The fraction of sp³-hybridized carbons (Fsp3) is 0.571. The van der Waals surface area contributed by atoms with E-state index in [2.05, 4.69) is 4.72 Å². The number of sulfonamides is 1. The average Bonchev–Trinajstić information content (AvgIpc) is 3.27. The third-order valence-corrected chi connectivity index (χ3v) is 7.95. The summed E-state index contributed by atoms with van der Waals surface area (Å²) in [5.41, 5.74) is 0.567. The van der Waals surface area contributed by atoms with E-state index in [1.165, 1.54) is 4.90 Å². The van der Waals surface area contributed by atoms with E-state index in [9.17, 15) is 27.9 Å². The van der Waals surface area contributed by atoms with Crippen molar-refractivity contribution >= 4 is 39.6 Å². The zero-order valence-electron chi connectivity index (χ0n) is 17.8. The molecule has 0 saturated carbocycles. The second kappa shape index (κ2) is 11.2. The quantitative estimate of drug-likeness (QED) is 0.535. The van der Waals surface area contributed by atoms with Gasteiger partial charge in [0, 0.05) is 37.6 Å². The van der Waals surface area contributed by atoms with Crippen molar-refractivity contribution < 1.29 is 27.9 Å². The molecule has 0 spiro atoms. The van der Waals surface area contributed by atoms with Crippen molar-refractivity contribution in [2.75, 3.05) is 31.1 Å². The summed E-state index contributed by atoms with van der Waals surface area (Å²) < 4.78 is 28.0. The number of hydrogen-bond acceptors (Lipinski definition) is 6. The van der Waals surface area contributed by atoms with Crippen molar-refractivity contribution in [1.82, 2.24) is 14.5 Å².